The predicted octanol–water partition coefficient (Wildman–Crippen LogP) is 2.91. The van der Waals surface area contributed by atoms with E-state index < -0.39 is 10.0 Å². The Morgan fingerprint density at radius 2 is 1.75 bits per heavy atom. The second-order valence-electron chi connectivity index (χ2n) is 4.18. The van der Waals surface area contributed by atoms with E-state index in [1.165, 1.54) is 17.5 Å². The first kappa shape index (κ1) is 14.4. The van der Waals surface area contributed by atoms with Gasteiger partial charge in [0.1, 0.15) is 5.75 Å². The molecule has 0 aromatic heterocycles. The van der Waals surface area contributed by atoms with Crippen LogP contribution in [0.5, 0.6) is 5.75 Å². The summed E-state index contributed by atoms with van der Waals surface area (Å²) in [5.74, 6) is 0.523. The van der Waals surface area contributed by atoms with Crippen LogP contribution in [0, 0.1) is 0 Å². The number of anilines is 1. The molecular formula is C15H17NO3S. The Balaban J connectivity index is 2.47. The van der Waals surface area contributed by atoms with Gasteiger partial charge in [0.05, 0.1) is 17.7 Å². The molecule has 106 valence electrons. The SMILES string of the molecule is CCN(c1ccccc1)S(=O)(=O)c1cccc(OC)c1. The van der Waals surface area contributed by atoms with Crippen molar-refractivity contribution in [3.05, 3.63) is 54.6 Å². The summed E-state index contributed by atoms with van der Waals surface area (Å²) in [6.07, 6.45) is 0. The molecular weight excluding hydrogens is 274 g/mol. The van der Waals surface area contributed by atoms with Crippen molar-refractivity contribution in [3.63, 3.8) is 0 Å². The Bertz CT molecular complexity index is 669. The van der Waals surface area contributed by atoms with E-state index >= 15 is 0 Å². The number of ether oxygens (including phenoxy) is 1. The molecule has 0 bridgehead atoms. The van der Waals surface area contributed by atoms with Gasteiger partial charge >= 0.3 is 0 Å². The van der Waals surface area contributed by atoms with Crippen molar-refractivity contribution in [1.82, 2.24) is 0 Å². The monoisotopic (exact) mass is 291 g/mol. The number of sulfonamides is 1. The van der Waals surface area contributed by atoms with E-state index in [9.17, 15) is 8.42 Å². The molecule has 0 amide bonds. The van der Waals surface area contributed by atoms with Crippen LogP contribution < -0.4 is 9.04 Å². The van der Waals surface area contributed by atoms with E-state index in [1.54, 1.807) is 30.3 Å². The summed E-state index contributed by atoms with van der Waals surface area (Å²) in [6, 6.07) is 15.5. The van der Waals surface area contributed by atoms with E-state index in [2.05, 4.69) is 0 Å². The molecule has 0 radical (unpaired) electrons. The normalized spacial score (nSPS) is 11.1. The van der Waals surface area contributed by atoms with Gasteiger partial charge in [0.25, 0.3) is 10.0 Å². The summed E-state index contributed by atoms with van der Waals surface area (Å²) in [6.45, 7) is 2.17. The summed E-state index contributed by atoms with van der Waals surface area (Å²) in [4.78, 5) is 0.225. The van der Waals surface area contributed by atoms with Crippen LogP contribution in [-0.4, -0.2) is 22.1 Å². The van der Waals surface area contributed by atoms with Crippen LogP contribution in [0.1, 0.15) is 6.92 Å². The Labute approximate surface area is 119 Å². The fourth-order valence-electron chi connectivity index (χ4n) is 1.97. The van der Waals surface area contributed by atoms with E-state index in [-0.39, 0.29) is 4.90 Å². The molecule has 0 unspecified atom stereocenters. The summed E-state index contributed by atoms with van der Waals surface area (Å²) in [5.41, 5.74) is 0.651. The fraction of sp³-hybridized carbons (Fsp3) is 0.200. The van der Waals surface area contributed by atoms with Gasteiger partial charge in [-0.2, -0.15) is 0 Å². The standard InChI is InChI=1S/C15H17NO3S/c1-3-16(13-8-5-4-6-9-13)20(17,18)15-11-7-10-14(12-15)19-2/h4-12H,3H2,1-2H3. The minimum Gasteiger partial charge on any atom is -0.497 e. The van der Waals surface area contributed by atoms with Crippen molar-refractivity contribution in [2.75, 3.05) is 18.0 Å². The molecule has 0 heterocycles. The van der Waals surface area contributed by atoms with Crippen molar-refractivity contribution in [2.45, 2.75) is 11.8 Å². The van der Waals surface area contributed by atoms with Gasteiger partial charge in [0.15, 0.2) is 0 Å². The van der Waals surface area contributed by atoms with Crippen molar-refractivity contribution in [2.24, 2.45) is 0 Å². The van der Waals surface area contributed by atoms with E-state index in [0.29, 0.717) is 18.0 Å². The molecule has 0 atom stereocenters. The Morgan fingerprint density at radius 1 is 1.05 bits per heavy atom. The highest BCUT2D eigenvalue weighted by atomic mass is 32.2. The van der Waals surface area contributed by atoms with E-state index in [4.69, 9.17) is 4.74 Å². The van der Waals surface area contributed by atoms with Gasteiger partial charge in [-0.05, 0) is 31.2 Å². The maximum absolute atomic E-state index is 12.7. The van der Waals surface area contributed by atoms with Crippen LogP contribution in [0.3, 0.4) is 0 Å². The van der Waals surface area contributed by atoms with Gasteiger partial charge in [-0.1, -0.05) is 24.3 Å². The number of hydrogen-bond donors (Lipinski definition) is 0. The topological polar surface area (TPSA) is 46.6 Å². The molecule has 20 heavy (non-hydrogen) atoms. The zero-order valence-electron chi connectivity index (χ0n) is 11.5. The number of nitrogens with zero attached hydrogens (tertiary/aromatic N) is 1. The van der Waals surface area contributed by atoms with Gasteiger partial charge in [-0.25, -0.2) is 8.42 Å². The van der Waals surface area contributed by atoms with Crippen LogP contribution in [0.2, 0.25) is 0 Å². The van der Waals surface area contributed by atoms with Crippen LogP contribution in [0.15, 0.2) is 59.5 Å². The zero-order valence-corrected chi connectivity index (χ0v) is 12.3. The highest BCUT2D eigenvalue weighted by Crippen LogP contribution is 2.25. The third kappa shape index (κ3) is 2.77. The number of para-hydroxylation sites is 1. The van der Waals surface area contributed by atoms with Crippen molar-refractivity contribution in [3.8, 4) is 5.75 Å². The van der Waals surface area contributed by atoms with Crippen LogP contribution >= 0.6 is 0 Å². The molecule has 2 aromatic carbocycles. The van der Waals surface area contributed by atoms with Crippen molar-refractivity contribution in [1.29, 1.82) is 0 Å². The molecule has 0 saturated carbocycles. The second kappa shape index (κ2) is 5.96. The highest BCUT2D eigenvalue weighted by Gasteiger charge is 2.23. The lowest BCUT2D eigenvalue weighted by Crippen LogP contribution is -2.30. The van der Waals surface area contributed by atoms with Gasteiger partial charge in [0, 0.05) is 12.6 Å². The highest BCUT2D eigenvalue weighted by molar-refractivity contribution is 7.92. The minimum absolute atomic E-state index is 0.225. The Kier molecular flexibility index (Phi) is 4.29. The quantitative estimate of drug-likeness (QED) is 0.851. The first-order chi connectivity index (χ1) is 9.59. The average molecular weight is 291 g/mol. The molecule has 2 aromatic rings. The van der Waals surface area contributed by atoms with Crippen LogP contribution in [0.4, 0.5) is 5.69 Å². The molecule has 0 saturated heterocycles. The summed E-state index contributed by atoms with van der Waals surface area (Å²) in [5, 5.41) is 0. The molecule has 0 aliphatic heterocycles. The van der Waals surface area contributed by atoms with Crippen LogP contribution in [0.25, 0.3) is 0 Å². The molecule has 4 nitrogen and oxygen atoms in total. The second-order valence-corrected chi connectivity index (χ2v) is 6.05. The van der Waals surface area contributed by atoms with E-state index in [1.807, 2.05) is 25.1 Å². The molecule has 0 N–H and O–H groups in total. The molecule has 0 aliphatic rings. The van der Waals surface area contributed by atoms with Gasteiger partial charge in [0.2, 0.25) is 0 Å². The smallest absolute Gasteiger partial charge is 0.264 e. The predicted molar refractivity (Wildman–Crippen MR) is 79.6 cm³/mol. The van der Waals surface area contributed by atoms with Crippen molar-refractivity contribution < 1.29 is 13.2 Å². The molecule has 0 spiro atoms. The number of benzene rings is 2. The molecule has 2 rings (SSSR count). The lowest BCUT2D eigenvalue weighted by Gasteiger charge is -2.23. The zero-order chi connectivity index (χ0) is 14.6. The van der Waals surface area contributed by atoms with Crippen molar-refractivity contribution >= 4 is 15.7 Å². The maximum atomic E-state index is 12.7. The van der Waals surface area contributed by atoms with Crippen LogP contribution in [-0.2, 0) is 10.0 Å². The Morgan fingerprint density at radius 3 is 2.35 bits per heavy atom. The first-order valence-electron chi connectivity index (χ1n) is 6.31. The summed E-state index contributed by atoms with van der Waals surface area (Å²) < 4.78 is 31.9. The minimum atomic E-state index is -3.58. The van der Waals surface area contributed by atoms with Gasteiger partial charge in [-0.15, -0.1) is 0 Å². The molecule has 5 heteroatoms. The average Bonchev–Trinajstić information content (AvgIpc) is 2.49. The Hall–Kier alpha value is -2.01. The number of rotatable bonds is 5. The molecule has 0 fully saturated rings. The third-order valence-corrected chi connectivity index (χ3v) is 4.86. The third-order valence-electron chi connectivity index (χ3n) is 2.96. The largest absolute Gasteiger partial charge is 0.497 e. The lowest BCUT2D eigenvalue weighted by atomic mass is 10.3. The van der Waals surface area contributed by atoms with E-state index in [0.717, 1.165) is 0 Å². The lowest BCUT2D eigenvalue weighted by molar-refractivity contribution is 0.413. The number of hydrogen-bond acceptors (Lipinski definition) is 3. The summed E-state index contributed by atoms with van der Waals surface area (Å²) in [7, 11) is -2.07. The fourth-order valence-corrected chi connectivity index (χ4v) is 3.48. The first-order valence-corrected chi connectivity index (χ1v) is 7.75. The summed E-state index contributed by atoms with van der Waals surface area (Å²) >= 11 is 0. The van der Waals surface area contributed by atoms with Gasteiger partial charge in [-0.3, -0.25) is 4.31 Å². The maximum Gasteiger partial charge on any atom is 0.264 e. The van der Waals surface area contributed by atoms with Gasteiger partial charge < -0.3 is 4.74 Å². The molecule has 0 aliphatic carbocycles. The number of methoxy groups -OCH3 is 1.